The molecule has 3 rings (SSSR count). The van der Waals surface area contributed by atoms with Crippen molar-refractivity contribution in [3.63, 3.8) is 0 Å². The van der Waals surface area contributed by atoms with Crippen LogP contribution >= 0.6 is 0 Å². The number of piperidine rings is 1. The third-order valence-corrected chi connectivity index (χ3v) is 5.61. The van der Waals surface area contributed by atoms with Crippen molar-refractivity contribution < 1.29 is 14.0 Å². The van der Waals surface area contributed by atoms with Crippen molar-refractivity contribution >= 4 is 11.6 Å². The Hall–Kier alpha value is -2.33. The molecule has 1 aliphatic rings. The topological polar surface area (TPSA) is 38.3 Å². The van der Waals surface area contributed by atoms with Crippen molar-refractivity contribution in [2.75, 3.05) is 32.1 Å². The maximum atomic E-state index is 13.0. The Morgan fingerprint density at radius 3 is 2.26 bits per heavy atom. The number of ether oxygens (including phenoxy) is 1. The summed E-state index contributed by atoms with van der Waals surface area (Å²) in [5, 5.41) is 3.18. The maximum absolute atomic E-state index is 13.0. The summed E-state index contributed by atoms with van der Waals surface area (Å²) in [5.41, 5.74) is 4.29. The zero-order valence-corrected chi connectivity index (χ0v) is 16.8. The summed E-state index contributed by atoms with van der Waals surface area (Å²) in [7, 11) is 1.67. The molecule has 4 nitrogen and oxygen atoms in total. The molecule has 27 heavy (non-hydrogen) atoms. The Bertz CT molecular complexity index is 757. The van der Waals surface area contributed by atoms with E-state index >= 15 is 0 Å². The number of anilines is 1. The largest absolute Gasteiger partial charge is 0.497 e. The van der Waals surface area contributed by atoms with Gasteiger partial charge in [-0.05, 0) is 56.4 Å². The Kier molecular flexibility index (Phi) is 6.17. The second-order valence-electron chi connectivity index (χ2n) is 7.84. The summed E-state index contributed by atoms with van der Waals surface area (Å²) in [5.74, 6) is 0.927. The first-order chi connectivity index (χ1) is 13.0. The SMILES string of the molecule is COc1cc(C)c(NC(=O)C[N+]2(Cc3ccccc3)CCCCC2)c(C)c1. The Morgan fingerprint density at radius 1 is 1.04 bits per heavy atom. The number of methoxy groups -OCH3 is 1. The van der Waals surface area contributed by atoms with Gasteiger partial charge < -0.3 is 14.5 Å². The molecule has 0 radical (unpaired) electrons. The molecular weight excluding hydrogens is 336 g/mol. The van der Waals surface area contributed by atoms with E-state index in [1.165, 1.54) is 24.8 Å². The second-order valence-corrected chi connectivity index (χ2v) is 7.84. The highest BCUT2D eigenvalue weighted by atomic mass is 16.5. The smallest absolute Gasteiger partial charge is 0.279 e. The standard InChI is InChI=1S/C23H30N2O2/c1-18-14-21(27-3)15-19(2)23(18)24-22(26)17-25(12-8-5-9-13-25)16-20-10-6-4-7-11-20/h4,6-7,10-11,14-15H,5,8-9,12-13,16-17H2,1-3H3/p+1. The first-order valence-corrected chi connectivity index (χ1v) is 9.85. The fourth-order valence-electron chi connectivity index (χ4n) is 4.25. The number of rotatable bonds is 6. The van der Waals surface area contributed by atoms with E-state index < -0.39 is 0 Å². The minimum absolute atomic E-state index is 0.101. The molecule has 1 fully saturated rings. The van der Waals surface area contributed by atoms with Gasteiger partial charge in [-0.1, -0.05) is 30.3 Å². The van der Waals surface area contributed by atoms with Crippen molar-refractivity contribution in [3.05, 3.63) is 59.2 Å². The van der Waals surface area contributed by atoms with Gasteiger partial charge in [0.2, 0.25) is 0 Å². The van der Waals surface area contributed by atoms with Gasteiger partial charge in [-0.2, -0.15) is 0 Å². The van der Waals surface area contributed by atoms with Crippen LogP contribution in [-0.2, 0) is 11.3 Å². The van der Waals surface area contributed by atoms with Crippen LogP contribution in [0.3, 0.4) is 0 Å². The van der Waals surface area contributed by atoms with Crippen LogP contribution in [0.4, 0.5) is 5.69 Å². The molecule has 1 heterocycles. The molecule has 0 spiro atoms. The number of carbonyl (C=O) groups is 1. The molecule has 1 amide bonds. The predicted octanol–water partition coefficient (Wildman–Crippen LogP) is 4.45. The Labute approximate surface area is 162 Å². The summed E-state index contributed by atoms with van der Waals surface area (Å²) in [6.07, 6.45) is 3.66. The molecule has 0 unspecified atom stereocenters. The predicted molar refractivity (Wildman–Crippen MR) is 110 cm³/mol. The summed E-state index contributed by atoms with van der Waals surface area (Å²) in [4.78, 5) is 13.0. The molecule has 2 aromatic carbocycles. The van der Waals surface area contributed by atoms with E-state index in [1.807, 2.05) is 32.0 Å². The van der Waals surface area contributed by atoms with Crippen LogP contribution in [0.1, 0.15) is 36.0 Å². The Balaban J connectivity index is 1.75. The zero-order chi connectivity index (χ0) is 19.3. The number of benzene rings is 2. The van der Waals surface area contributed by atoms with Crippen molar-refractivity contribution in [1.29, 1.82) is 0 Å². The molecule has 0 aliphatic carbocycles. The van der Waals surface area contributed by atoms with Crippen molar-refractivity contribution in [2.45, 2.75) is 39.7 Å². The summed E-state index contributed by atoms with van der Waals surface area (Å²) in [6, 6.07) is 14.5. The molecule has 1 saturated heterocycles. The van der Waals surface area contributed by atoms with Gasteiger partial charge >= 0.3 is 0 Å². The lowest BCUT2D eigenvalue weighted by atomic mass is 10.0. The minimum Gasteiger partial charge on any atom is -0.497 e. The molecule has 0 saturated carbocycles. The van der Waals surface area contributed by atoms with Gasteiger partial charge in [-0.25, -0.2) is 0 Å². The monoisotopic (exact) mass is 367 g/mol. The van der Waals surface area contributed by atoms with Gasteiger partial charge in [-0.3, -0.25) is 4.79 Å². The van der Waals surface area contributed by atoms with Gasteiger partial charge in [0.05, 0.1) is 20.2 Å². The lowest BCUT2D eigenvalue weighted by Crippen LogP contribution is -2.54. The van der Waals surface area contributed by atoms with Gasteiger partial charge in [0, 0.05) is 11.3 Å². The van der Waals surface area contributed by atoms with Crippen LogP contribution in [-0.4, -0.2) is 37.1 Å². The lowest BCUT2D eigenvalue weighted by molar-refractivity contribution is -0.937. The molecule has 144 valence electrons. The number of amides is 1. The van der Waals surface area contributed by atoms with Crippen LogP contribution in [0.2, 0.25) is 0 Å². The van der Waals surface area contributed by atoms with Crippen LogP contribution in [0.25, 0.3) is 0 Å². The average molecular weight is 368 g/mol. The highest BCUT2D eigenvalue weighted by Gasteiger charge is 2.33. The molecule has 0 atom stereocenters. The first kappa shape index (κ1) is 19.4. The third kappa shape index (κ3) is 4.89. The minimum atomic E-state index is 0.101. The number of hydrogen-bond acceptors (Lipinski definition) is 2. The van der Waals surface area contributed by atoms with E-state index in [1.54, 1.807) is 7.11 Å². The molecule has 2 aromatic rings. The molecular formula is C23H31N2O2+. The van der Waals surface area contributed by atoms with E-state index in [4.69, 9.17) is 4.74 Å². The quantitative estimate of drug-likeness (QED) is 0.766. The molecule has 4 heteroatoms. The highest BCUT2D eigenvalue weighted by Crippen LogP contribution is 2.27. The molecule has 1 N–H and O–H groups in total. The number of hydrogen-bond donors (Lipinski definition) is 1. The number of carbonyl (C=O) groups excluding carboxylic acids is 1. The van der Waals surface area contributed by atoms with E-state index in [-0.39, 0.29) is 5.91 Å². The van der Waals surface area contributed by atoms with E-state index in [0.29, 0.717) is 6.54 Å². The van der Waals surface area contributed by atoms with E-state index in [0.717, 1.165) is 46.7 Å². The van der Waals surface area contributed by atoms with Crippen LogP contribution in [0.5, 0.6) is 5.75 Å². The van der Waals surface area contributed by atoms with Crippen LogP contribution < -0.4 is 10.1 Å². The van der Waals surface area contributed by atoms with Crippen LogP contribution in [0.15, 0.2) is 42.5 Å². The molecule has 0 bridgehead atoms. The van der Waals surface area contributed by atoms with Gasteiger partial charge in [0.1, 0.15) is 12.3 Å². The van der Waals surface area contributed by atoms with E-state index in [2.05, 4.69) is 29.6 Å². The third-order valence-electron chi connectivity index (χ3n) is 5.61. The first-order valence-electron chi connectivity index (χ1n) is 9.85. The van der Waals surface area contributed by atoms with Gasteiger partial charge in [0.15, 0.2) is 6.54 Å². The van der Waals surface area contributed by atoms with Crippen molar-refractivity contribution in [2.24, 2.45) is 0 Å². The Morgan fingerprint density at radius 2 is 1.67 bits per heavy atom. The lowest BCUT2D eigenvalue weighted by Gasteiger charge is -2.41. The summed E-state index contributed by atoms with van der Waals surface area (Å²) >= 11 is 0. The highest BCUT2D eigenvalue weighted by molar-refractivity contribution is 5.93. The zero-order valence-electron chi connectivity index (χ0n) is 16.8. The van der Waals surface area contributed by atoms with Gasteiger partial charge in [0.25, 0.3) is 5.91 Å². The second kappa shape index (κ2) is 8.57. The van der Waals surface area contributed by atoms with E-state index in [9.17, 15) is 4.79 Å². The van der Waals surface area contributed by atoms with Crippen LogP contribution in [0, 0.1) is 13.8 Å². The molecule has 1 aliphatic heterocycles. The number of nitrogens with one attached hydrogen (secondary N) is 1. The molecule has 0 aromatic heterocycles. The number of quaternary nitrogens is 1. The van der Waals surface area contributed by atoms with Gasteiger partial charge in [-0.15, -0.1) is 0 Å². The summed E-state index contributed by atoms with van der Waals surface area (Å²) in [6.45, 7) is 7.63. The average Bonchev–Trinajstić information content (AvgIpc) is 2.66. The number of nitrogens with zero attached hydrogens (tertiary/aromatic N) is 1. The fraction of sp³-hybridized carbons (Fsp3) is 0.435. The normalized spacial score (nSPS) is 16.0. The number of likely N-dealkylation sites (tertiary alicyclic amines) is 1. The maximum Gasteiger partial charge on any atom is 0.279 e. The van der Waals surface area contributed by atoms with Crippen molar-refractivity contribution in [1.82, 2.24) is 0 Å². The fourth-order valence-corrected chi connectivity index (χ4v) is 4.25. The van der Waals surface area contributed by atoms with Crippen molar-refractivity contribution in [3.8, 4) is 5.75 Å². The summed E-state index contributed by atoms with van der Waals surface area (Å²) < 4.78 is 6.18. The number of aryl methyl sites for hydroxylation is 2.